The fourth-order valence-corrected chi connectivity index (χ4v) is 4.16. The van der Waals surface area contributed by atoms with Crippen LogP contribution in [0.25, 0.3) is 0 Å². The summed E-state index contributed by atoms with van der Waals surface area (Å²) in [5.74, 6) is 0. The lowest BCUT2D eigenvalue weighted by molar-refractivity contribution is -0.0300. The van der Waals surface area contributed by atoms with Crippen LogP contribution in [-0.4, -0.2) is 29.1 Å². The smallest absolute Gasteiger partial charge is 0.102 e. The van der Waals surface area contributed by atoms with Gasteiger partial charge < -0.3 is 10.0 Å². The van der Waals surface area contributed by atoms with Crippen molar-refractivity contribution in [2.75, 3.05) is 13.1 Å². The Hall–Kier alpha value is 0.100. The topological polar surface area (TPSA) is 23.5 Å². The predicted molar refractivity (Wildman–Crippen MR) is 71.9 cm³/mol. The molecule has 16 heavy (non-hydrogen) atoms. The van der Waals surface area contributed by atoms with E-state index in [4.69, 9.17) is 0 Å². The zero-order valence-electron chi connectivity index (χ0n) is 9.74. The fourth-order valence-electron chi connectivity index (χ4n) is 2.26. The van der Waals surface area contributed by atoms with Crippen molar-refractivity contribution in [2.24, 2.45) is 0 Å². The first-order chi connectivity index (χ1) is 7.53. The second kappa shape index (κ2) is 4.77. The number of piperidine rings is 1. The molecule has 0 spiro atoms. The molecule has 0 bridgehead atoms. The van der Waals surface area contributed by atoms with Gasteiger partial charge in [0, 0.05) is 23.6 Å². The van der Waals surface area contributed by atoms with Gasteiger partial charge in [0.05, 0.1) is 4.88 Å². The highest BCUT2D eigenvalue weighted by Gasteiger charge is 2.36. The summed E-state index contributed by atoms with van der Waals surface area (Å²) in [6, 6.07) is 2.60. The average molecular weight is 304 g/mol. The Morgan fingerprint density at radius 3 is 2.50 bits per heavy atom. The highest BCUT2D eigenvalue weighted by Crippen LogP contribution is 2.40. The fraction of sp³-hybridized carbons (Fsp3) is 0.667. The van der Waals surface area contributed by atoms with E-state index < -0.39 is 5.60 Å². The maximum Gasteiger partial charge on any atom is 0.102 e. The Balaban J connectivity index is 2.10. The number of likely N-dealkylation sites (tertiary alicyclic amines) is 1. The van der Waals surface area contributed by atoms with Crippen LogP contribution in [0.5, 0.6) is 0 Å². The Morgan fingerprint density at radius 2 is 2.06 bits per heavy atom. The summed E-state index contributed by atoms with van der Waals surface area (Å²) in [6.45, 7) is 6.40. The number of rotatable bonds is 2. The SMILES string of the molecule is CC(C)N1CCC(O)(c2sccc2Br)CC1. The molecule has 1 fully saturated rings. The molecular weight excluding hydrogens is 286 g/mol. The molecule has 1 aliphatic heterocycles. The molecule has 1 aromatic rings. The summed E-state index contributed by atoms with van der Waals surface area (Å²) >= 11 is 5.17. The van der Waals surface area contributed by atoms with Crippen molar-refractivity contribution in [3.05, 3.63) is 20.8 Å². The van der Waals surface area contributed by atoms with Crippen molar-refractivity contribution < 1.29 is 5.11 Å². The van der Waals surface area contributed by atoms with Crippen LogP contribution in [0.15, 0.2) is 15.9 Å². The molecule has 0 saturated carbocycles. The molecule has 4 heteroatoms. The van der Waals surface area contributed by atoms with Gasteiger partial charge in [0.15, 0.2) is 0 Å². The molecule has 0 atom stereocenters. The lowest BCUT2D eigenvalue weighted by Crippen LogP contribution is -2.45. The van der Waals surface area contributed by atoms with Crippen LogP contribution in [-0.2, 0) is 5.60 Å². The van der Waals surface area contributed by atoms with E-state index >= 15 is 0 Å². The molecule has 1 aromatic heterocycles. The minimum absolute atomic E-state index is 0.580. The Labute approximate surface area is 109 Å². The van der Waals surface area contributed by atoms with Crippen molar-refractivity contribution in [3.8, 4) is 0 Å². The third kappa shape index (κ3) is 2.35. The first-order valence-electron chi connectivity index (χ1n) is 5.73. The number of hydrogen-bond donors (Lipinski definition) is 1. The molecule has 0 unspecified atom stereocenters. The second-order valence-corrected chi connectivity index (χ2v) is 6.53. The number of nitrogens with zero attached hydrogens (tertiary/aromatic N) is 1. The molecule has 0 amide bonds. The molecule has 0 aromatic carbocycles. The van der Waals surface area contributed by atoms with Crippen LogP contribution >= 0.6 is 27.3 Å². The lowest BCUT2D eigenvalue weighted by Gasteiger charge is -2.39. The molecule has 0 aliphatic carbocycles. The van der Waals surface area contributed by atoms with E-state index in [1.54, 1.807) is 11.3 Å². The van der Waals surface area contributed by atoms with Gasteiger partial charge in [-0.05, 0) is 54.1 Å². The number of halogens is 1. The maximum atomic E-state index is 10.7. The molecule has 1 saturated heterocycles. The van der Waals surface area contributed by atoms with Crippen molar-refractivity contribution in [1.82, 2.24) is 4.90 Å². The quantitative estimate of drug-likeness (QED) is 0.907. The minimum atomic E-state index is -0.613. The Bertz CT molecular complexity index is 356. The molecule has 2 nitrogen and oxygen atoms in total. The second-order valence-electron chi connectivity index (χ2n) is 4.76. The van der Waals surface area contributed by atoms with E-state index in [2.05, 4.69) is 34.7 Å². The van der Waals surface area contributed by atoms with Gasteiger partial charge in [0.2, 0.25) is 0 Å². The number of hydrogen-bond acceptors (Lipinski definition) is 3. The number of aliphatic hydroxyl groups is 1. The monoisotopic (exact) mass is 303 g/mol. The summed E-state index contributed by atoms with van der Waals surface area (Å²) in [5.41, 5.74) is -0.613. The van der Waals surface area contributed by atoms with Gasteiger partial charge in [-0.2, -0.15) is 0 Å². The van der Waals surface area contributed by atoms with Crippen molar-refractivity contribution in [3.63, 3.8) is 0 Å². The molecule has 2 rings (SSSR count). The highest BCUT2D eigenvalue weighted by molar-refractivity contribution is 9.10. The minimum Gasteiger partial charge on any atom is -0.384 e. The number of thiophene rings is 1. The van der Waals surface area contributed by atoms with Gasteiger partial charge in [-0.15, -0.1) is 11.3 Å². The zero-order valence-corrected chi connectivity index (χ0v) is 12.1. The molecule has 1 aliphatic rings. The molecule has 1 N–H and O–H groups in total. The van der Waals surface area contributed by atoms with Crippen LogP contribution < -0.4 is 0 Å². The van der Waals surface area contributed by atoms with Gasteiger partial charge in [0.1, 0.15) is 5.60 Å². The molecular formula is C12H18BrNOS. The lowest BCUT2D eigenvalue weighted by atomic mass is 9.89. The maximum absolute atomic E-state index is 10.7. The standard InChI is InChI=1S/C12H18BrNOS/c1-9(2)14-6-4-12(15,5-7-14)11-10(13)3-8-16-11/h3,8-9,15H,4-7H2,1-2H3. The van der Waals surface area contributed by atoms with E-state index in [0.717, 1.165) is 35.3 Å². The first kappa shape index (κ1) is 12.6. The van der Waals surface area contributed by atoms with E-state index in [0.29, 0.717) is 6.04 Å². The molecule has 90 valence electrons. The predicted octanol–water partition coefficient (Wildman–Crippen LogP) is 3.20. The van der Waals surface area contributed by atoms with Crippen molar-refractivity contribution in [2.45, 2.75) is 38.3 Å². The summed E-state index contributed by atoms with van der Waals surface area (Å²) in [6.07, 6.45) is 1.68. The van der Waals surface area contributed by atoms with Gasteiger partial charge in [-0.3, -0.25) is 0 Å². The van der Waals surface area contributed by atoms with Crippen LogP contribution in [0.4, 0.5) is 0 Å². The summed E-state index contributed by atoms with van der Waals surface area (Å²) in [4.78, 5) is 3.52. The zero-order chi connectivity index (χ0) is 11.8. The van der Waals surface area contributed by atoms with E-state index in [1.165, 1.54) is 0 Å². The highest BCUT2D eigenvalue weighted by atomic mass is 79.9. The van der Waals surface area contributed by atoms with Crippen LogP contribution in [0.1, 0.15) is 31.6 Å². The third-order valence-electron chi connectivity index (χ3n) is 3.40. The van der Waals surface area contributed by atoms with Gasteiger partial charge in [-0.1, -0.05) is 0 Å². The largest absolute Gasteiger partial charge is 0.384 e. The van der Waals surface area contributed by atoms with Gasteiger partial charge in [-0.25, -0.2) is 0 Å². The average Bonchev–Trinajstić information content (AvgIpc) is 2.66. The van der Waals surface area contributed by atoms with E-state index in [9.17, 15) is 5.11 Å². The molecule has 0 radical (unpaired) electrons. The van der Waals surface area contributed by atoms with Crippen molar-refractivity contribution in [1.29, 1.82) is 0 Å². The third-order valence-corrected chi connectivity index (χ3v) is 5.43. The van der Waals surface area contributed by atoms with Gasteiger partial charge >= 0.3 is 0 Å². The molecule has 2 heterocycles. The van der Waals surface area contributed by atoms with E-state index in [1.807, 2.05) is 11.4 Å². The van der Waals surface area contributed by atoms with Crippen LogP contribution in [0.2, 0.25) is 0 Å². The van der Waals surface area contributed by atoms with Crippen LogP contribution in [0.3, 0.4) is 0 Å². The summed E-state index contributed by atoms with van der Waals surface area (Å²) in [5, 5.41) is 12.7. The summed E-state index contributed by atoms with van der Waals surface area (Å²) in [7, 11) is 0. The first-order valence-corrected chi connectivity index (χ1v) is 7.40. The Morgan fingerprint density at radius 1 is 1.44 bits per heavy atom. The van der Waals surface area contributed by atoms with Crippen molar-refractivity contribution >= 4 is 27.3 Å². The Kier molecular flexibility index (Phi) is 3.74. The summed E-state index contributed by atoms with van der Waals surface area (Å²) < 4.78 is 1.05. The van der Waals surface area contributed by atoms with Gasteiger partial charge in [0.25, 0.3) is 0 Å². The van der Waals surface area contributed by atoms with Crippen LogP contribution in [0, 0.1) is 0 Å². The van der Waals surface area contributed by atoms with E-state index in [-0.39, 0.29) is 0 Å². The normalized spacial score (nSPS) is 21.6.